The smallest absolute Gasteiger partial charge is 0.373 e. The fourth-order valence-corrected chi connectivity index (χ4v) is 4.08. The van der Waals surface area contributed by atoms with Crippen molar-refractivity contribution >= 4 is 27.9 Å². The monoisotopic (exact) mass is 414 g/mol. The largest absolute Gasteiger partial charge is 0.416 e. The molecule has 0 radical (unpaired) electrons. The molecule has 0 fully saturated rings. The summed E-state index contributed by atoms with van der Waals surface area (Å²) in [6.45, 7) is 0.271. The lowest BCUT2D eigenvalue weighted by atomic mass is 10.0. The molecule has 0 unspecified atom stereocenters. The van der Waals surface area contributed by atoms with E-state index in [1.54, 1.807) is 16.9 Å². The molecule has 9 heteroatoms. The number of aryl methyl sites for hydroxylation is 1. The van der Waals surface area contributed by atoms with Gasteiger partial charge in [-0.3, -0.25) is 4.68 Å². The van der Waals surface area contributed by atoms with Crippen molar-refractivity contribution in [2.24, 2.45) is 12.8 Å². The molecule has 3 rings (SSSR count). The van der Waals surface area contributed by atoms with Crippen LogP contribution in [0.4, 0.5) is 18.2 Å². The minimum Gasteiger partial charge on any atom is -0.373 e. The van der Waals surface area contributed by atoms with Crippen LogP contribution in [0.15, 0.2) is 42.6 Å². The second kappa shape index (κ2) is 7.92. The minimum absolute atomic E-state index is 0.220. The van der Waals surface area contributed by atoms with Crippen molar-refractivity contribution < 1.29 is 13.2 Å². The lowest BCUT2D eigenvalue weighted by Gasteiger charge is -2.17. The zero-order valence-corrected chi connectivity index (χ0v) is 16.0. The molecule has 0 aliphatic carbocycles. The molecule has 1 aromatic carbocycles. The first-order valence-corrected chi connectivity index (χ1v) is 9.38. The van der Waals surface area contributed by atoms with Gasteiger partial charge in [0.25, 0.3) is 0 Å². The number of nitrogens with zero attached hydrogens (tertiary/aromatic N) is 2. The molecule has 0 spiro atoms. The van der Waals surface area contributed by atoms with E-state index in [9.17, 15) is 13.2 Å². The maximum Gasteiger partial charge on any atom is 0.416 e. The lowest BCUT2D eigenvalue weighted by Crippen LogP contribution is -2.30. The molecule has 0 aliphatic heterocycles. The van der Waals surface area contributed by atoms with Crippen LogP contribution in [0.5, 0.6) is 0 Å². The van der Waals surface area contributed by atoms with Gasteiger partial charge in [-0.25, -0.2) is 0 Å². The van der Waals surface area contributed by atoms with Gasteiger partial charge in [-0.15, -0.1) is 11.3 Å². The number of halogens is 4. The van der Waals surface area contributed by atoms with Gasteiger partial charge in [0.2, 0.25) is 0 Å². The molecule has 0 bridgehead atoms. The topological polar surface area (TPSA) is 55.9 Å². The minimum atomic E-state index is -4.36. The molecule has 3 aromatic rings. The number of hydrogen-bond acceptors (Lipinski definition) is 4. The summed E-state index contributed by atoms with van der Waals surface area (Å²) in [6.07, 6.45) is -2.30. The SMILES string of the molecule is Cn1nccc1-c1cc(N[C@H](CN)Cc2cccc(C(F)(F)F)c2)sc1Cl. The van der Waals surface area contributed by atoms with Crippen molar-refractivity contribution in [3.05, 3.63) is 58.1 Å². The van der Waals surface area contributed by atoms with Crippen LogP contribution < -0.4 is 11.1 Å². The molecule has 2 aromatic heterocycles. The summed E-state index contributed by atoms with van der Waals surface area (Å²) in [5.41, 5.74) is 7.47. The highest BCUT2D eigenvalue weighted by atomic mass is 35.5. The summed E-state index contributed by atoms with van der Waals surface area (Å²) < 4.78 is 41.0. The average molecular weight is 415 g/mol. The Morgan fingerprint density at radius 3 is 2.70 bits per heavy atom. The van der Waals surface area contributed by atoms with Crippen LogP contribution in [0.3, 0.4) is 0 Å². The van der Waals surface area contributed by atoms with E-state index in [2.05, 4.69) is 10.4 Å². The third-order valence-electron chi connectivity index (χ3n) is 4.15. The Hall–Kier alpha value is -2.03. The van der Waals surface area contributed by atoms with E-state index >= 15 is 0 Å². The third kappa shape index (κ3) is 4.63. The number of thiophene rings is 1. The van der Waals surface area contributed by atoms with Crippen LogP contribution in [0.1, 0.15) is 11.1 Å². The van der Waals surface area contributed by atoms with Crippen LogP contribution >= 0.6 is 22.9 Å². The normalized spacial score (nSPS) is 13.0. The molecule has 2 heterocycles. The van der Waals surface area contributed by atoms with Crippen LogP contribution in [0.25, 0.3) is 11.3 Å². The Morgan fingerprint density at radius 1 is 1.30 bits per heavy atom. The zero-order valence-electron chi connectivity index (χ0n) is 14.4. The van der Waals surface area contributed by atoms with Crippen molar-refractivity contribution in [2.45, 2.75) is 18.6 Å². The van der Waals surface area contributed by atoms with Gasteiger partial charge in [0.1, 0.15) is 4.34 Å². The van der Waals surface area contributed by atoms with Crippen molar-refractivity contribution in [1.82, 2.24) is 9.78 Å². The highest BCUT2D eigenvalue weighted by Gasteiger charge is 2.30. The first-order valence-electron chi connectivity index (χ1n) is 8.18. The Morgan fingerprint density at radius 2 is 2.07 bits per heavy atom. The molecule has 0 amide bonds. The van der Waals surface area contributed by atoms with Gasteiger partial charge < -0.3 is 11.1 Å². The second-order valence-electron chi connectivity index (χ2n) is 6.12. The van der Waals surface area contributed by atoms with Gasteiger partial charge in [0.15, 0.2) is 0 Å². The van der Waals surface area contributed by atoms with Gasteiger partial charge in [-0.1, -0.05) is 29.8 Å². The molecule has 0 saturated carbocycles. The van der Waals surface area contributed by atoms with Crippen LogP contribution in [-0.4, -0.2) is 22.4 Å². The number of anilines is 1. The molecule has 1 atom stereocenters. The number of hydrogen-bond donors (Lipinski definition) is 2. The Labute approximate surface area is 163 Å². The van der Waals surface area contributed by atoms with Crippen molar-refractivity contribution in [3.8, 4) is 11.3 Å². The van der Waals surface area contributed by atoms with Gasteiger partial charge in [-0.05, 0) is 30.2 Å². The number of nitrogens with two attached hydrogens (primary N) is 1. The molecule has 0 aliphatic rings. The lowest BCUT2D eigenvalue weighted by molar-refractivity contribution is -0.137. The maximum atomic E-state index is 12.9. The third-order valence-corrected chi connectivity index (χ3v) is 5.44. The quantitative estimate of drug-likeness (QED) is 0.609. The molecule has 3 N–H and O–H groups in total. The summed E-state index contributed by atoms with van der Waals surface area (Å²) in [4.78, 5) is 0. The van der Waals surface area contributed by atoms with E-state index < -0.39 is 11.7 Å². The Kier molecular flexibility index (Phi) is 5.78. The maximum absolute atomic E-state index is 12.9. The fraction of sp³-hybridized carbons (Fsp3) is 0.278. The summed E-state index contributed by atoms with van der Waals surface area (Å²) in [7, 11) is 1.83. The number of nitrogens with one attached hydrogen (secondary N) is 1. The highest BCUT2D eigenvalue weighted by Crippen LogP contribution is 2.38. The molecule has 4 nitrogen and oxygen atoms in total. The Bertz CT molecular complexity index is 919. The van der Waals surface area contributed by atoms with E-state index in [4.69, 9.17) is 17.3 Å². The van der Waals surface area contributed by atoms with E-state index in [0.717, 1.165) is 28.4 Å². The van der Waals surface area contributed by atoms with Crippen molar-refractivity contribution in [2.75, 3.05) is 11.9 Å². The number of aromatic nitrogens is 2. The molecular formula is C18H18ClF3N4S. The fourth-order valence-electron chi connectivity index (χ4n) is 2.81. The van der Waals surface area contributed by atoms with Crippen molar-refractivity contribution in [3.63, 3.8) is 0 Å². The van der Waals surface area contributed by atoms with Crippen LogP contribution in [-0.2, 0) is 19.6 Å². The van der Waals surface area contributed by atoms with Gasteiger partial charge in [0.05, 0.1) is 16.3 Å². The van der Waals surface area contributed by atoms with Crippen LogP contribution in [0, 0.1) is 0 Å². The second-order valence-corrected chi connectivity index (χ2v) is 7.77. The Balaban J connectivity index is 1.76. The summed E-state index contributed by atoms with van der Waals surface area (Å²) >= 11 is 7.71. The van der Waals surface area contributed by atoms with E-state index in [-0.39, 0.29) is 12.6 Å². The summed E-state index contributed by atoms with van der Waals surface area (Å²) in [5, 5.41) is 8.22. The standard InChI is InChI=1S/C18H18ClF3N4S/c1-26-15(5-6-24-26)14-9-16(27-17(14)19)25-13(10-23)8-11-3-2-4-12(7-11)18(20,21)22/h2-7,9,13,25H,8,10,23H2,1H3/t13-/m0/s1. The van der Waals surface area contributed by atoms with Gasteiger partial charge >= 0.3 is 6.18 Å². The number of alkyl halides is 3. The van der Waals surface area contributed by atoms with Crippen molar-refractivity contribution in [1.29, 1.82) is 0 Å². The molecule has 0 saturated heterocycles. The average Bonchev–Trinajstić information content (AvgIpc) is 3.18. The van der Waals surface area contributed by atoms with Crippen LogP contribution in [0.2, 0.25) is 4.34 Å². The van der Waals surface area contributed by atoms with Gasteiger partial charge in [0, 0.05) is 31.4 Å². The zero-order chi connectivity index (χ0) is 19.6. The number of rotatable bonds is 6. The molecule has 27 heavy (non-hydrogen) atoms. The number of benzene rings is 1. The van der Waals surface area contributed by atoms with E-state index in [0.29, 0.717) is 16.3 Å². The predicted octanol–water partition coefficient (Wildman–Crippen LogP) is 4.80. The molecule has 144 valence electrons. The first kappa shape index (κ1) is 19.7. The van der Waals surface area contributed by atoms with E-state index in [1.807, 2.05) is 19.2 Å². The summed E-state index contributed by atoms with van der Waals surface area (Å²) in [6, 6.07) is 8.85. The summed E-state index contributed by atoms with van der Waals surface area (Å²) in [5.74, 6) is 0. The molecular weight excluding hydrogens is 397 g/mol. The first-order chi connectivity index (χ1) is 12.8. The highest BCUT2D eigenvalue weighted by molar-refractivity contribution is 7.20. The predicted molar refractivity (Wildman–Crippen MR) is 103 cm³/mol. The van der Waals surface area contributed by atoms with E-state index in [1.165, 1.54) is 17.4 Å². The van der Waals surface area contributed by atoms with Gasteiger partial charge in [-0.2, -0.15) is 18.3 Å².